The van der Waals surface area contributed by atoms with E-state index in [1.54, 1.807) is 0 Å². The number of hydrogen-bond donors (Lipinski definition) is 0. The van der Waals surface area contributed by atoms with E-state index in [9.17, 15) is 0 Å². The highest BCUT2D eigenvalue weighted by molar-refractivity contribution is 8.21. The van der Waals surface area contributed by atoms with Gasteiger partial charge in [-0.3, -0.25) is 0 Å². The summed E-state index contributed by atoms with van der Waals surface area (Å²) >= 11 is 4.49. The van der Waals surface area contributed by atoms with Gasteiger partial charge < -0.3 is 4.57 Å². The maximum atomic E-state index is 4.15. The molecule has 0 unspecified atom stereocenters. The zero-order chi connectivity index (χ0) is 17.6. The first-order valence-corrected chi connectivity index (χ1v) is 12.6. The van der Waals surface area contributed by atoms with Gasteiger partial charge in [-0.1, -0.05) is 71.1 Å². The number of aromatic nitrogens is 2. The summed E-state index contributed by atoms with van der Waals surface area (Å²) in [5.41, 5.74) is 0. The minimum atomic E-state index is 0.529. The maximum Gasteiger partial charge on any atom is 0.0945 e. The molecule has 2 nitrogen and oxygen atoms in total. The molecule has 1 fully saturated rings. The van der Waals surface area contributed by atoms with E-state index in [1.165, 1.54) is 95.0 Å². The monoisotopic (exact) mass is 382 g/mol. The number of nitrogens with zero attached hydrogens (tertiary/aromatic N) is 2. The van der Waals surface area contributed by atoms with Crippen LogP contribution in [0.2, 0.25) is 0 Å². The van der Waals surface area contributed by atoms with Crippen molar-refractivity contribution < 1.29 is 0 Å². The van der Waals surface area contributed by atoms with Gasteiger partial charge in [0.2, 0.25) is 0 Å². The lowest BCUT2D eigenvalue weighted by Gasteiger charge is -2.27. The molecule has 1 aliphatic heterocycles. The lowest BCUT2D eigenvalue weighted by molar-refractivity contribution is 0.517. The molecule has 0 spiro atoms. The SMILES string of the molecule is CCCCCCCCCCCCC1(CCCn2ccnc2)SCCS1. The Morgan fingerprint density at radius 2 is 1.44 bits per heavy atom. The fraction of sp³-hybridized carbons (Fsp3) is 0.857. The second-order valence-electron chi connectivity index (χ2n) is 7.44. The van der Waals surface area contributed by atoms with Crippen molar-refractivity contribution in [1.29, 1.82) is 0 Å². The van der Waals surface area contributed by atoms with Crippen LogP contribution in [0.15, 0.2) is 18.7 Å². The third-order valence-electron chi connectivity index (χ3n) is 5.26. The van der Waals surface area contributed by atoms with Crippen molar-refractivity contribution in [3.63, 3.8) is 0 Å². The van der Waals surface area contributed by atoms with Gasteiger partial charge in [0.25, 0.3) is 0 Å². The zero-order valence-corrected chi connectivity index (χ0v) is 17.9. The number of hydrogen-bond acceptors (Lipinski definition) is 3. The molecule has 0 aromatic carbocycles. The van der Waals surface area contributed by atoms with E-state index in [0.29, 0.717) is 4.08 Å². The van der Waals surface area contributed by atoms with Gasteiger partial charge in [0.1, 0.15) is 0 Å². The van der Waals surface area contributed by atoms with Crippen LogP contribution in [0.25, 0.3) is 0 Å². The Balaban J connectivity index is 1.50. The van der Waals surface area contributed by atoms with Crippen molar-refractivity contribution >= 4 is 23.5 Å². The Bertz CT molecular complexity index is 414. The van der Waals surface area contributed by atoms with Crippen LogP contribution in [0.4, 0.5) is 0 Å². The van der Waals surface area contributed by atoms with E-state index in [-0.39, 0.29) is 0 Å². The summed E-state index contributed by atoms with van der Waals surface area (Å²) in [6.45, 7) is 3.42. The van der Waals surface area contributed by atoms with Crippen molar-refractivity contribution in [2.24, 2.45) is 0 Å². The number of unbranched alkanes of at least 4 members (excludes halogenated alkanes) is 9. The maximum absolute atomic E-state index is 4.15. The molecular weight excluding hydrogens is 344 g/mol. The average Bonchev–Trinajstić information content (AvgIpc) is 3.29. The van der Waals surface area contributed by atoms with E-state index in [1.807, 2.05) is 12.5 Å². The molecule has 2 rings (SSSR count). The van der Waals surface area contributed by atoms with Crippen LogP contribution in [-0.2, 0) is 6.54 Å². The van der Waals surface area contributed by atoms with Crippen LogP contribution in [0.5, 0.6) is 0 Å². The van der Waals surface area contributed by atoms with E-state index in [2.05, 4.69) is 46.2 Å². The van der Waals surface area contributed by atoms with E-state index in [0.717, 1.165) is 6.54 Å². The lowest BCUT2D eigenvalue weighted by Crippen LogP contribution is -2.18. The predicted molar refractivity (Wildman–Crippen MR) is 116 cm³/mol. The standard InChI is InChI=1S/C21H38N2S2/c1-2-3-4-5-6-7-8-9-10-11-13-21(24-18-19-25-21)14-12-16-23-17-15-22-20-23/h15,17,20H,2-14,16,18-19H2,1H3. The highest BCUT2D eigenvalue weighted by Gasteiger charge is 2.34. The van der Waals surface area contributed by atoms with Gasteiger partial charge in [-0.2, -0.15) is 0 Å². The molecule has 0 bridgehead atoms. The Kier molecular flexibility index (Phi) is 11.1. The van der Waals surface area contributed by atoms with Gasteiger partial charge in [0.15, 0.2) is 0 Å². The Morgan fingerprint density at radius 3 is 2.04 bits per heavy atom. The van der Waals surface area contributed by atoms with Crippen molar-refractivity contribution in [1.82, 2.24) is 9.55 Å². The fourth-order valence-electron chi connectivity index (χ4n) is 3.74. The molecule has 0 saturated carbocycles. The number of aryl methyl sites for hydroxylation is 1. The van der Waals surface area contributed by atoms with Crippen molar-refractivity contribution in [2.45, 2.75) is 101 Å². The van der Waals surface area contributed by atoms with Crippen LogP contribution in [0, 0.1) is 0 Å². The lowest BCUT2D eigenvalue weighted by atomic mass is 10.0. The molecule has 4 heteroatoms. The molecule has 1 aromatic heterocycles. The molecule has 144 valence electrons. The van der Waals surface area contributed by atoms with Crippen molar-refractivity contribution in [2.75, 3.05) is 11.5 Å². The minimum absolute atomic E-state index is 0.529. The molecule has 1 aromatic rings. The highest BCUT2D eigenvalue weighted by Crippen LogP contribution is 2.50. The Morgan fingerprint density at radius 1 is 0.840 bits per heavy atom. The van der Waals surface area contributed by atoms with Crippen LogP contribution in [0.3, 0.4) is 0 Å². The third-order valence-corrected chi connectivity index (χ3v) is 8.91. The molecule has 25 heavy (non-hydrogen) atoms. The smallest absolute Gasteiger partial charge is 0.0945 e. The molecular formula is C21H38N2S2. The van der Waals surface area contributed by atoms with E-state index < -0.39 is 0 Å². The topological polar surface area (TPSA) is 17.8 Å². The summed E-state index contributed by atoms with van der Waals surface area (Å²) in [6, 6.07) is 0. The number of imidazole rings is 1. The minimum Gasteiger partial charge on any atom is -0.337 e. The van der Waals surface area contributed by atoms with Gasteiger partial charge in [-0.25, -0.2) is 4.98 Å². The van der Waals surface area contributed by atoms with Crippen molar-refractivity contribution in [3.8, 4) is 0 Å². The summed E-state index contributed by atoms with van der Waals surface area (Å²) < 4.78 is 2.75. The first-order valence-electron chi connectivity index (χ1n) is 10.6. The number of rotatable bonds is 15. The van der Waals surface area contributed by atoms with Crippen molar-refractivity contribution in [3.05, 3.63) is 18.7 Å². The predicted octanol–water partition coefficient (Wildman–Crippen LogP) is 7.15. The zero-order valence-electron chi connectivity index (χ0n) is 16.3. The van der Waals surface area contributed by atoms with Gasteiger partial charge in [-0.15, -0.1) is 23.5 Å². The second-order valence-corrected chi connectivity index (χ2v) is 10.7. The normalized spacial score (nSPS) is 16.5. The summed E-state index contributed by atoms with van der Waals surface area (Å²) in [5.74, 6) is 2.71. The molecule has 1 saturated heterocycles. The quantitative estimate of drug-likeness (QED) is 0.300. The van der Waals surface area contributed by atoms with Crippen LogP contribution in [-0.4, -0.2) is 25.1 Å². The third kappa shape index (κ3) is 8.90. The summed E-state index contributed by atoms with van der Waals surface area (Å²) in [6.07, 6.45) is 24.4. The number of thioether (sulfide) groups is 2. The molecule has 0 amide bonds. The van der Waals surface area contributed by atoms with Crippen LogP contribution >= 0.6 is 23.5 Å². The Hall–Kier alpha value is -0.0900. The van der Waals surface area contributed by atoms with E-state index >= 15 is 0 Å². The Labute approximate surface area is 164 Å². The van der Waals surface area contributed by atoms with Gasteiger partial charge in [-0.05, 0) is 19.3 Å². The van der Waals surface area contributed by atoms with Crippen LogP contribution < -0.4 is 0 Å². The fourth-order valence-corrected chi connectivity index (χ4v) is 7.14. The highest BCUT2D eigenvalue weighted by atomic mass is 32.2. The summed E-state index contributed by atoms with van der Waals surface area (Å²) in [7, 11) is 0. The summed E-state index contributed by atoms with van der Waals surface area (Å²) in [5, 5.41) is 0. The molecule has 0 aliphatic carbocycles. The summed E-state index contributed by atoms with van der Waals surface area (Å²) in [4.78, 5) is 4.15. The largest absolute Gasteiger partial charge is 0.337 e. The van der Waals surface area contributed by atoms with Gasteiger partial charge in [0.05, 0.1) is 10.4 Å². The average molecular weight is 383 g/mol. The molecule has 0 N–H and O–H groups in total. The first-order chi connectivity index (χ1) is 12.3. The van der Waals surface area contributed by atoms with Gasteiger partial charge in [0, 0.05) is 30.4 Å². The first kappa shape index (κ1) is 21.2. The van der Waals surface area contributed by atoms with Gasteiger partial charge >= 0.3 is 0 Å². The van der Waals surface area contributed by atoms with E-state index in [4.69, 9.17) is 0 Å². The molecule has 2 heterocycles. The molecule has 0 atom stereocenters. The van der Waals surface area contributed by atoms with Crippen LogP contribution in [0.1, 0.15) is 90.4 Å². The second kappa shape index (κ2) is 13.1. The molecule has 0 radical (unpaired) electrons. The molecule has 1 aliphatic rings.